The number of aliphatic hydroxyl groups excluding tert-OH is 1. The van der Waals surface area contributed by atoms with Crippen molar-refractivity contribution in [2.24, 2.45) is 23.7 Å². The summed E-state index contributed by atoms with van der Waals surface area (Å²) in [5.74, 6) is -4.11. The lowest BCUT2D eigenvalue weighted by molar-refractivity contribution is -0.335. The Hall–Kier alpha value is -5.91. The monoisotopic (exact) mass is 988 g/mol. The fraction of sp³-hybridized carbons (Fsp3) is 0.393. The molecule has 3 aliphatic heterocycles. The van der Waals surface area contributed by atoms with Crippen molar-refractivity contribution in [1.82, 2.24) is 0 Å². The number of thioether (sulfide) groups is 1. The second-order valence-corrected chi connectivity index (χ2v) is 19.4. The van der Waals surface area contributed by atoms with Crippen LogP contribution in [0.15, 0.2) is 157 Å². The highest BCUT2D eigenvalue weighted by atomic mass is 32.2. The Morgan fingerprint density at radius 2 is 0.915 bits per heavy atom. The zero-order valence-corrected chi connectivity index (χ0v) is 41.0. The number of rotatable bonds is 16. The van der Waals surface area contributed by atoms with Crippen molar-refractivity contribution in [2.75, 3.05) is 13.2 Å². The van der Waals surface area contributed by atoms with Gasteiger partial charge in [-0.1, -0.05) is 130 Å². The molecule has 0 aliphatic carbocycles. The third-order valence-corrected chi connectivity index (χ3v) is 14.7. The molecule has 0 saturated carbocycles. The van der Waals surface area contributed by atoms with Gasteiger partial charge in [-0.15, -0.1) is 0 Å². The lowest BCUT2D eigenvalue weighted by atomic mass is 9.84. The van der Waals surface area contributed by atoms with Gasteiger partial charge in [-0.2, -0.15) is 0 Å². The average molecular weight is 989 g/mol. The van der Waals surface area contributed by atoms with E-state index in [1.54, 1.807) is 122 Å². The number of carbonyl (C=O) groups is 4. The van der Waals surface area contributed by atoms with Crippen LogP contribution < -0.4 is 0 Å². The first kappa shape index (κ1) is 51.4. The van der Waals surface area contributed by atoms with Gasteiger partial charge in [-0.25, -0.2) is 19.2 Å². The number of hydrogen-bond donors (Lipinski definition) is 1. The molecule has 71 heavy (non-hydrogen) atoms. The molecule has 5 aromatic carbocycles. The third kappa shape index (κ3) is 12.6. The molecule has 1 N–H and O–H groups in total. The Labute approximate surface area is 418 Å². The van der Waals surface area contributed by atoms with Crippen LogP contribution in [0.2, 0.25) is 0 Å². The first-order valence-electron chi connectivity index (χ1n) is 24.0. The molecule has 6 unspecified atom stereocenters. The van der Waals surface area contributed by atoms with Gasteiger partial charge in [0.1, 0.15) is 30.4 Å². The molecule has 0 radical (unpaired) electrons. The minimum absolute atomic E-state index is 0.00102. The number of carbonyl (C=O) groups excluding carboxylic acids is 4. The second-order valence-electron chi connectivity index (χ2n) is 18.3. The van der Waals surface area contributed by atoms with E-state index >= 15 is 0 Å². The largest absolute Gasteiger partial charge is 0.459 e. The van der Waals surface area contributed by atoms with Gasteiger partial charge < -0.3 is 47.7 Å². The fourth-order valence-corrected chi connectivity index (χ4v) is 10.2. The van der Waals surface area contributed by atoms with Crippen molar-refractivity contribution in [1.29, 1.82) is 0 Å². The van der Waals surface area contributed by atoms with Crippen LogP contribution in [0.1, 0.15) is 76.1 Å². The molecule has 374 valence electrons. The normalized spacial score (nSPS) is 30.6. The summed E-state index contributed by atoms with van der Waals surface area (Å²) in [6, 6.07) is 43.6. The number of ether oxygens (including phenoxy) is 9. The number of aliphatic hydroxyl groups is 1. The van der Waals surface area contributed by atoms with Gasteiger partial charge in [0.2, 0.25) is 0 Å². The first-order valence-corrected chi connectivity index (χ1v) is 24.9. The molecule has 3 saturated heterocycles. The Bertz CT molecular complexity index is 2500. The Kier molecular flexibility index (Phi) is 17.4. The van der Waals surface area contributed by atoms with E-state index in [0.717, 1.165) is 4.90 Å². The minimum Gasteiger partial charge on any atom is -0.459 e. The highest BCUT2D eigenvalue weighted by Gasteiger charge is 2.53. The van der Waals surface area contributed by atoms with Gasteiger partial charge in [0.15, 0.2) is 24.8 Å². The quantitative estimate of drug-likeness (QED) is 0.0734. The van der Waals surface area contributed by atoms with Gasteiger partial charge in [-0.3, -0.25) is 0 Å². The summed E-state index contributed by atoms with van der Waals surface area (Å²) < 4.78 is 57.8. The molecule has 5 aromatic rings. The maximum atomic E-state index is 13.9. The number of esters is 4. The molecule has 0 aromatic heterocycles. The number of benzene rings is 5. The van der Waals surface area contributed by atoms with E-state index in [-0.39, 0.29) is 36.7 Å². The van der Waals surface area contributed by atoms with Crippen LogP contribution in [0, 0.1) is 23.7 Å². The third-order valence-electron chi connectivity index (χ3n) is 13.6. The standard InChI is InChI=1S/C56H60O14S/c1-33-34(2)47(67-51(59)39-23-13-7-14-24-39)54(64-37(33)5)63-31-43-45(57)35(3)48(68-52(60)40-25-15-8-16-26-40)55(65-43)70-46-36(4)49(69-53(61)41-27-17-9-18-28-41)56(71-42-29-19-10-20-30-42)66-44(46)32-62-50(58)38-21-11-6-12-22-38/h6-30,33-37,43-49,54-57H,31-32H2,1-5H3/t33-,34+,35+,36+,37?,43?,44?,45-,46+,47?,48?,49?,54-,55+,56+/m1/s1. The Morgan fingerprint density at radius 3 is 1.42 bits per heavy atom. The van der Waals surface area contributed by atoms with Crippen molar-refractivity contribution < 1.29 is 66.9 Å². The lowest BCUT2D eigenvalue weighted by Gasteiger charge is -2.49. The summed E-state index contributed by atoms with van der Waals surface area (Å²) >= 11 is 1.34. The van der Waals surface area contributed by atoms with Crippen molar-refractivity contribution in [2.45, 2.75) is 106 Å². The van der Waals surface area contributed by atoms with Crippen LogP contribution in [0.25, 0.3) is 0 Å². The van der Waals surface area contributed by atoms with Gasteiger partial charge >= 0.3 is 23.9 Å². The fourth-order valence-electron chi connectivity index (χ4n) is 9.00. The molecule has 3 fully saturated rings. The maximum Gasteiger partial charge on any atom is 0.338 e. The smallest absolute Gasteiger partial charge is 0.338 e. The van der Waals surface area contributed by atoms with Gasteiger partial charge in [0.05, 0.1) is 47.2 Å². The van der Waals surface area contributed by atoms with Crippen molar-refractivity contribution >= 4 is 35.6 Å². The Balaban J connectivity index is 1.11. The summed E-state index contributed by atoms with van der Waals surface area (Å²) in [4.78, 5) is 55.5. The first-order chi connectivity index (χ1) is 34.4. The van der Waals surface area contributed by atoms with Crippen LogP contribution in [-0.2, 0) is 42.6 Å². The van der Waals surface area contributed by atoms with E-state index in [0.29, 0.717) is 16.7 Å². The van der Waals surface area contributed by atoms with Gasteiger partial charge in [-0.05, 0) is 73.5 Å². The summed E-state index contributed by atoms with van der Waals surface area (Å²) in [5, 5.41) is 12.0. The van der Waals surface area contributed by atoms with E-state index in [4.69, 9.17) is 42.6 Å². The van der Waals surface area contributed by atoms with E-state index < -0.39 is 96.5 Å². The second kappa shape index (κ2) is 24.0. The van der Waals surface area contributed by atoms with Crippen molar-refractivity contribution in [3.63, 3.8) is 0 Å². The molecule has 0 amide bonds. The van der Waals surface area contributed by atoms with Crippen molar-refractivity contribution in [3.8, 4) is 0 Å². The molecule has 0 spiro atoms. The predicted molar refractivity (Wildman–Crippen MR) is 261 cm³/mol. The van der Waals surface area contributed by atoms with Crippen LogP contribution in [0.4, 0.5) is 0 Å². The summed E-state index contributed by atoms with van der Waals surface area (Å²) in [6.45, 7) is 8.91. The minimum atomic E-state index is -1.40. The topological polar surface area (TPSA) is 172 Å². The Morgan fingerprint density at radius 1 is 0.465 bits per heavy atom. The molecule has 15 atom stereocenters. The lowest BCUT2D eigenvalue weighted by Crippen LogP contribution is -2.62. The molecule has 0 bridgehead atoms. The number of hydrogen-bond acceptors (Lipinski definition) is 15. The average Bonchev–Trinajstić information content (AvgIpc) is 3.40. The summed E-state index contributed by atoms with van der Waals surface area (Å²) in [5.41, 5.74) is 0.455. The summed E-state index contributed by atoms with van der Waals surface area (Å²) in [6.07, 6.45) is -10.2. The molecule has 8 rings (SSSR count). The molecular formula is C56H60O14S. The molecule has 3 aliphatic rings. The highest BCUT2D eigenvalue weighted by molar-refractivity contribution is 7.99. The van der Waals surface area contributed by atoms with E-state index in [1.165, 1.54) is 11.8 Å². The maximum absolute atomic E-state index is 13.9. The molecule has 15 heteroatoms. The molecular weight excluding hydrogens is 929 g/mol. The SMILES string of the molecule is CC1O[C@@H](OCC2O[C@@H](O[C@@H]3C(COC(=O)c4ccccc4)O[C@@H](Sc4ccccc4)C(OC(=O)c4ccccc4)[C@H]3C)C(OC(=O)c3ccccc3)[C@@H](C)[C@H]2O)C(OC(=O)c2ccccc2)[C@@H](C)[C@H]1C. The van der Waals surface area contributed by atoms with Crippen molar-refractivity contribution in [3.05, 3.63) is 174 Å². The van der Waals surface area contributed by atoms with Gasteiger partial charge in [0.25, 0.3) is 0 Å². The zero-order valence-electron chi connectivity index (χ0n) is 40.2. The highest BCUT2D eigenvalue weighted by Crippen LogP contribution is 2.42. The van der Waals surface area contributed by atoms with E-state index in [2.05, 4.69) is 0 Å². The summed E-state index contributed by atoms with van der Waals surface area (Å²) in [7, 11) is 0. The van der Waals surface area contributed by atoms with Gasteiger partial charge in [0, 0.05) is 22.6 Å². The molecule has 14 nitrogen and oxygen atoms in total. The van der Waals surface area contributed by atoms with Crippen LogP contribution in [-0.4, -0.2) is 109 Å². The predicted octanol–water partition coefficient (Wildman–Crippen LogP) is 8.81. The van der Waals surface area contributed by atoms with E-state index in [1.807, 2.05) is 64.1 Å². The van der Waals surface area contributed by atoms with Crippen LogP contribution in [0.5, 0.6) is 0 Å². The molecule has 3 heterocycles. The zero-order chi connectivity index (χ0) is 50.0. The van der Waals surface area contributed by atoms with E-state index in [9.17, 15) is 24.3 Å². The van der Waals surface area contributed by atoms with Crippen LogP contribution >= 0.6 is 11.8 Å². The van der Waals surface area contributed by atoms with Crippen LogP contribution in [0.3, 0.4) is 0 Å².